The summed E-state index contributed by atoms with van der Waals surface area (Å²) in [6, 6.07) is 9.63. The lowest BCUT2D eigenvalue weighted by Crippen LogP contribution is -2.22. The number of anilines is 2. The Hall–Kier alpha value is -1.74. The van der Waals surface area contributed by atoms with Crippen molar-refractivity contribution >= 4 is 23.0 Å². The second-order valence-corrected chi connectivity index (χ2v) is 4.49. The third-order valence-corrected chi connectivity index (χ3v) is 3.12. The van der Waals surface area contributed by atoms with E-state index in [4.69, 9.17) is 17.3 Å². The maximum Gasteiger partial charge on any atom is 0.0660 e. The van der Waals surface area contributed by atoms with Gasteiger partial charge in [0, 0.05) is 31.2 Å². The van der Waals surface area contributed by atoms with Gasteiger partial charge in [0.2, 0.25) is 0 Å². The van der Waals surface area contributed by atoms with E-state index in [1.807, 2.05) is 24.3 Å². The summed E-state index contributed by atoms with van der Waals surface area (Å²) >= 11 is 6.24. The number of hydrogen-bond donors (Lipinski definition) is 1. The van der Waals surface area contributed by atoms with Crippen LogP contribution in [0.1, 0.15) is 12.5 Å². The highest BCUT2D eigenvalue weighted by molar-refractivity contribution is 6.33. The molecule has 1 heterocycles. The standard InChI is InChI=1S/C14H16ClN3/c1-2-18(10-11-5-7-17-8-6-11)14-4-3-12(16)9-13(14)15/h3-9H,2,10,16H2,1H3. The molecule has 0 spiro atoms. The van der Waals surface area contributed by atoms with Crippen molar-refractivity contribution in [3.63, 3.8) is 0 Å². The van der Waals surface area contributed by atoms with Gasteiger partial charge in [-0.1, -0.05) is 11.6 Å². The number of aromatic nitrogens is 1. The first-order chi connectivity index (χ1) is 8.70. The second kappa shape index (κ2) is 5.74. The van der Waals surface area contributed by atoms with E-state index in [-0.39, 0.29) is 0 Å². The Morgan fingerprint density at radius 3 is 2.56 bits per heavy atom. The molecule has 1 aromatic heterocycles. The molecular formula is C14H16ClN3. The molecule has 0 saturated carbocycles. The fraction of sp³-hybridized carbons (Fsp3) is 0.214. The smallest absolute Gasteiger partial charge is 0.0660 e. The normalized spacial score (nSPS) is 10.3. The number of nitrogens with zero attached hydrogens (tertiary/aromatic N) is 2. The van der Waals surface area contributed by atoms with E-state index < -0.39 is 0 Å². The quantitative estimate of drug-likeness (QED) is 0.859. The van der Waals surface area contributed by atoms with E-state index in [0.717, 1.165) is 18.8 Å². The Balaban J connectivity index is 2.23. The number of nitrogens with two attached hydrogens (primary N) is 1. The minimum Gasteiger partial charge on any atom is -0.399 e. The van der Waals surface area contributed by atoms with E-state index in [2.05, 4.69) is 16.8 Å². The van der Waals surface area contributed by atoms with Gasteiger partial charge >= 0.3 is 0 Å². The molecule has 0 aliphatic rings. The summed E-state index contributed by atoms with van der Waals surface area (Å²) in [5.41, 5.74) is 8.61. The summed E-state index contributed by atoms with van der Waals surface area (Å²) in [4.78, 5) is 6.22. The highest BCUT2D eigenvalue weighted by Crippen LogP contribution is 2.28. The Kier molecular flexibility index (Phi) is 4.05. The second-order valence-electron chi connectivity index (χ2n) is 4.08. The maximum atomic E-state index is 6.24. The lowest BCUT2D eigenvalue weighted by molar-refractivity contribution is 0.830. The number of benzene rings is 1. The molecule has 0 amide bonds. The number of hydrogen-bond acceptors (Lipinski definition) is 3. The first-order valence-corrected chi connectivity index (χ1v) is 6.27. The molecule has 0 unspecified atom stereocenters. The van der Waals surface area contributed by atoms with E-state index >= 15 is 0 Å². The van der Waals surface area contributed by atoms with Crippen molar-refractivity contribution in [1.29, 1.82) is 0 Å². The van der Waals surface area contributed by atoms with Crippen molar-refractivity contribution in [3.05, 3.63) is 53.3 Å². The van der Waals surface area contributed by atoms with E-state index in [1.54, 1.807) is 18.5 Å². The molecule has 94 valence electrons. The Labute approximate surface area is 112 Å². The zero-order chi connectivity index (χ0) is 13.0. The third-order valence-electron chi connectivity index (χ3n) is 2.82. The molecular weight excluding hydrogens is 246 g/mol. The van der Waals surface area contributed by atoms with Crippen LogP contribution in [-0.4, -0.2) is 11.5 Å². The van der Waals surface area contributed by atoms with E-state index in [0.29, 0.717) is 10.7 Å². The lowest BCUT2D eigenvalue weighted by atomic mass is 10.2. The zero-order valence-corrected chi connectivity index (χ0v) is 11.1. The summed E-state index contributed by atoms with van der Waals surface area (Å²) in [5, 5.41) is 0.686. The van der Waals surface area contributed by atoms with Gasteiger partial charge in [-0.05, 0) is 42.8 Å². The van der Waals surface area contributed by atoms with Gasteiger partial charge in [-0.15, -0.1) is 0 Å². The van der Waals surface area contributed by atoms with Crippen molar-refractivity contribution < 1.29 is 0 Å². The number of pyridine rings is 1. The lowest BCUT2D eigenvalue weighted by Gasteiger charge is -2.24. The average molecular weight is 262 g/mol. The molecule has 0 radical (unpaired) electrons. The third kappa shape index (κ3) is 2.93. The van der Waals surface area contributed by atoms with Crippen LogP contribution in [0, 0.1) is 0 Å². The first-order valence-electron chi connectivity index (χ1n) is 5.89. The van der Waals surface area contributed by atoms with Crippen LogP contribution in [-0.2, 0) is 6.54 Å². The topological polar surface area (TPSA) is 42.2 Å². The molecule has 18 heavy (non-hydrogen) atoms. The van der Waals surface area contributed by atoms with E-state index in [9.17, 15) is 0 Å². The fourth-order valence-corrected chi connectivity index (χ4v) is 2.16. The number of nitrogen functional groups attached to an aromatic ring is 1. The first kappa shape index (κ1) is 12.7. The van der Waals surface area contributed by atoms with Gasteiger partial charge in [0.15, 0.2) is 0 Å². The van der Waals surface area contributed by atoms with Gasteiger partial charge < -0.3 is 10.6 Å². The zero-order valence-electron chi connectivity index (χ0n) is 10.3. The SMILES string of the molecule is CCN(Cc1ccncc1)c1ccc(N)cc1Cl. The Morgan fingerprint density at radius 2 is 1.94 bits per heavy atom. The summed E-state index contributed by atoms with van der Waals surface area (Å²) in [5.74, 6) is 0. The van der Waals surface area contributed by atoms with Crippen LogP contribution in [0.25, 0.3) is 0 Å². The highest BCUT2D eigenvalue weighted by atomic mass is 35.5. The van der Waals surface area contributed by atoms with Crippen molar-refractivity contribution in [2.75, 3.05) is 17.2 Å². The minimum absolute atomic E-state index is 0.684. The van der Waals surface area contributed by atoms with Crippen LogP contribution in [0.2, 0.25) is 5.02 Å². The molecule has 0 fully saturated rings. The molecule has 2 aromatic rings. The largest absolute Gasteiger partial charge is 0.399 e. The molecule has 0 aliphatic heterocycles. The molecule has 0 aliphatic carbocycles. The summed E-state index contributed by atoms with van der Waals surface area (Å²) < 4.78 is 0. The van der Waals surface area contributed by atoms with Gasteiger partial charge in [-0.3, -0.25) is 4.98 Å². The molecule has 0 saturated heterocycles. The maximum absolute atomic E-state index is 6.24. The molecule has 3 nitrogen and oxygen atoms in total. The molecule has 0 atom stereocenters. The summed E-state index contributed by atoms with van der Waals surface area (Å²) in [6.07, 6.45) is 3.60. The van der Waals surface area contributed by atoms with Gasteiger partial charge in [0.05, 0.1) is 10.7 Å². The molecule has 2 rings (SSSR count). The predicted octanol–water partition coefficient (Wildman–Crippen LogP) is 3.34. The van der Waals surface area contributed by atoms with E-state index in [1.165, 1.54) is 5.56 Å². The molecule has 0 bridgehead atoms. The molecule has 4 heteroatoms. The van der Waals surface area contributed by atoms with Gasteiger partial charge in [0.25, 0.3) is 0 Å². The fourth-order valence-electron chi connectivity index (χ4n) is 1.86. The van der Waals surface area contributed by atoms with Gasteiger partial charge in [0.1, 0.15) is 0 Å². The van der Waals surface area contributed by atoms with Crippen molar-refractivity contribution in [2.45, 2.75) is 13.5 Å². The van der Waals surface area contributed by atoms with Crippen LogP contribution in [0.5, 0.6) is 0 Å². The van der Waals surface area contributed by atoms with Crippen LogP contribution in [0.15, 0.2) is 42.7 Å². The number of halogens is 1. The average Bonchev–Trinajstić information content (AvgIpc) is 2.38. The Morgan fingerprint density at radius 1 is 1.22 bits per heavy atom. The van der Waals surface area contributed by atoms with Crippen LogP contribution < -0.4 is 10.6 Å². The van der Waals surface area contributed by atoms with Crippen molar-refractivity contribution in [1.82, 2.24) is 4.98 Å². The van der Waals surface area contributed by atoms with Crippen LogP contribution in [0.4, 0.5) is 11.4 Å². The highest BCUT2D eigenvalue weighted by Gasteiger charge is 2.09. The minimum atomic E-state index is 0.684. The molecule has 1 aromatic carbocycles. The molecule has 2 N–H and O–H groups in total. The van der Waals surface area contributed by atoms with Crippen LogP contribution >= 0.6 is 11.6 Å². The van der Waals surface area contributed by atoms with Gasteiger partial charge in [-0.25, -0.2) is 0 Å². The Bertz CT molecular complexity index is 514. The van der Waals surface area contributed by atoms with Crippen molar-refractivity contribution in [2.24, 2.45) is 0 Å². The monoisotopic (exact) mass is 261 g/mol. The predicted molar refractivity (Wildman–Crippen MR) is 76.8 cm³/mol. The van der Waals surface area contributed by atoms with Crippen molar-refractivity contribution in [3.8, 4) is 0 Å². The summed E-state index contributed by atoms with van der Waals surface area (Å²) in [7, 11) is 0. The number of rotatable bonds is 4. The van der Waals surface area contributed by atoms with Crippen LogP contribution in [0.3, 0.4) is 0 Å². The van der Waals surface area contributed by atoms with Gasteiger partial charge in [-0.2, -0.15) is 0 Å². The summed E-state index contributed by atoms with van der Waals surface area (Å²) in [6.45, 7) is 3.79.